The highest BCUT2D eigenvalue weighted by Gasteiger charge is 2.31. The Hall–Kier alpha value is -2.49. The van der Waals surface area contributed by atoms with E-state index in [9.17, 15) is 9.59 Å². The summed E-state index contributed by atoms with van der Waals surface area (Å²) in [5.41, 5.74) is 0.940. The molecule has 0 bridgehead atoms. The number of hydrogen-bond donors (Lipinski definition) is 1. The number of thioether (sulfide) groups is 1. The van der Waals surface area contributed by atoms with Crippen LogP contribution in [0.4, 0.5) is 0 Å². The number of amides is 2. The zero-order chi connectivity index (χ0) is 19.8. The minimum atomic E-state index is -0.289. The number of halogens is 1. The topological polar surface area (TPSA) is 112 Å². The number of carbonyl (C=O) groups excluding carboxylic acids is 2. The van der Waals surface area contributed by atoms with Crippen molar-refractivity contribution < 1.29 is 24.5 Å². The van der Waals surface area contributed by atoms with Gasteiger partial charge in [0.1, 0.15) is 18.4 Å². The third-order valence-corrected chi connectivity index (χ3v) is 5.51. The molecule has 3 N–H and O–H groups in total. The number of ether oxygens (including phenoxy) is 2. The van der Waals surface area contributed by atoms with Gasteiger partial charge in [-0.1, -0.05) is 12.1 Å². The Morgan fingerprint density at radius 1 is 1.20 bits per heavy atom. The fraction of sp³-hybridized carbons (Fsp3) is 0.350. The van der Waals surface area contributed by atoms with Crippen LogP contribution in [-0.4, -0.2) is 58.6 Å². The molecule has 3 rings (SSSR count). The van der Waals surface area contributed by atoms with Crippen molar-refractivity contribution >= 4 is 36.0 Å². The van der Waals surface area contributed by atoms with Crippen LogP contribution in [-0.2, 0) is 16.1 Å². The molecule has 30 heavy (non-hydrogen) atoms. The maximum Gasteiger partial charge on any atom is 0.233 e. The molecule has 1 fully saturated rings. The van der Waals surface area contributed by atoms with Gasteiger partial charge in [0.05, 0.1) is 7.11 Å². The molecule has 0 radical (unpaired) electrons. The van der Waals surface area contributed by atoms with Gasteiger partial charge >= 0.3 is 0 Å². The lowest BCUT2D eigenvalue weighted by Crippen LogP contribution is -2.40. The van der Waals surface area contributed by atoms with Gasteiger partial charge in [-0.3, -0.25) is 14.6 Å². The molecule has 1 aliphatic rings. The van der Waals surface area contributed by atoms with Crippen molar-refractivity contribution in [3.8, 4) is 11.5 Å². The van der Waals surface area contributed by atoms with Gasteiger partial charge in [0.25, 0.3) is 0 Å². The molecule has 0 aliphatic carbocycles. The van der Waals surface area contributed by atoms with Crippen molar-refractivity contribution in [1.82, 2.24) is 15.2 Å². The van der Waals surface area contributed by atoms with E-state index in [0.29, 0.717) is 31.2 Å². The molecule has 1 aliphatic heterocycles. The zero-order valence-electron chi connectivity index (χ0n) is 16.6. The number of aromatic nitrogens is 1. The smallest absolute Gasteiger partial charge is 0.233 e. The van der Waals surface area contributed by atoms with E-state index in [0.717, 1.165) is 11.3 Å². The van der Waals surface area contributed by atoms with E-state index in [4.69, 9.17) is 9.47 Å². The van der Waals surface area contributed by atoms with Gasteiger partial charge in [0.2, 0.25) is 11.8 Å². The molecule has 8 nitrogen and oxygen atoms in total. The molecule has 0 saturated carbocycles. The first-order valence-electron chi connectivity index (χ1n) is 9.00. The number of pyridine rings is 1. The van der Waals surface area contributed by atoms with E-state index in [1.807, 2.05) is 36.4 Å². The fourth-order valence-corrected chi connectivity index (χ4v) is 3.99. The van der Waals surface area contributed by atoms with Crippen molar-refractivity contribution in [3.63, 3.8) is 0 Å². The molecule has 2 aromatic rings. The molecule has 0 spiro atoms. The van der Waals surface area contributed by atoms with Crippen LogP contribution in [0.2, 0.25) is 0 Å². The number of para-hydroxylation sites is 2. The lowest BCUT2D eigenvalue weighted by molar-refractivity contribution is -0.136. The van der Waals surface area contributed by atoms with E-state index in [1.54, 1.807) is 36.2 Å². The zero-order valence-corrected chi connectivity index (χ0v) is 18.2. The maximum absolute atomic E-state index is 12.6. The number of nitrogens with one attached hydrogen (secondary N) is 1. The number of nitrogens with zero attached hydrogens (tertiary/aromatic N) is 2. The first-order chi connectivity index (χ1) is 13.7. The molecular formula is C20H26ClN3O5S. The van der Waals surface area contributed by atoms with Crippen molar-refractivity contribution in [2.75, 3.05) is 26.0 Å². The largest absolute Gasteiger partial charge is 0.493 e. The van der Waals surface area contributed by atoms with Crippen LogP contribution in [0.15, 0.2) is 48.8 Å². The van der Waals surface area contributed by atoms with Gasteiger partial charge in [-0.25, -0.2) is 0 Å². The Kier molecular flexibility index (Phi) is 11.0. The molecule has 1 atom stereocenters. The van der Waals surface area contributed by atoms with Crippen LogP contribution in [0.5, 0.6) is 11.5 Å². The van der Waals surface area contributed by atoms with Crippen LogP contribution in [0.3, 0.4) is 0 Å². The van der Waals surface area contributed by atoms with Crippen LogP contribution in [0.1, 0.15) is 12.0 Å². The average molecular weight is 456 g/mol. The van der Waals surface area contributed by atoms with Gasteiger partial charge in [-0.15, -0.1) is 24.2 Å². The second-order valence-electron chi connectivity index (χ2n) is 6.18. The highest BCUT2D eigenvalue weighted by atomic mass is 35.5. The number of methoxy groups -OCH3 is 1. The highest BCUT2D eigenvalue weighted by molar-refractivity contribution is 8.00. The molecule has 164 valence electrons. The lowest BCUT2D eigenvalue weighted by Gasteiger charge is -2.24. The van der Waals surface area contributed by atoms with Crippen LogP contribution in [0.25, 0.3) is 0 Å². The maximum atomic E-state index is 12.6. The first kappa shape index (κ1) is 25.5. The Balaban J connectivity index is 0.00000225. The van der Waals surface area contributed by atoms with Crippen molar-refractivity contribution in [3.05, 3.63) is 54.4 Å². The van der Waals surface area contributed by atoms with Crippen LogP contribution >= 0.6 is 24.2 Å². The van der Waals surface area contributed by atoms with Crippen molar-refractivity contribution in [2.45, 2.75) is 18.3 Å². The number of benzene rings is 1. The number of hydrogen-bond acceptors (Lipinski definition) is 6. The molecule has 2 heterocycles. The predicted octanol–water partition coefficient (Wildman–Crippen LogP) is 1.67. The molecule has 10 heteroatoms. The summed E-state index contributed by atoms with van der Waals surface area (Å²) in [6, 6.07) is 11.0. The van der Waals surface area contributed by atoms with Gasteiger partial charge in [0.15, 0.2) is 11.5 Å². The third kappa shape index (κ3) is 7.08. The highest BCUT2D eigenvalue weighted by Crippen LogP contribution is 2.29. The quantitative estimate of drug-likeness (QED) is 0.606. The van der Waals surface area contributed by atoms with E-state index >= 15 is 0 Å². The summed E-state index contributed by atoms with van der Waals surface area (Å²) in [6.07, 6.45) is 3.16. The summed E-state index contributed by atoms with van der Waals surface area (Å²) in [5.74, 6) is 1.64. The van der Waals surface area contributed by atoms with Crippen molar-refractivity contribution in [2.24, 2.45) is 0 Å². The SMILES string of the molecule is COc1ccccc1OCC1SCCN1C(=O)CC(=O)NCc1ccncc1.Cl.O. The summed E-state index contributed by atoms with van der Waals surface area (Å²) in [7, 11) is 1.59. The summed E-state index contributed by atoms with van der Waals surface area (Å²) in [5, 5.41) is 2.65. The van der Waals surface area contributed by atoms with E-state index in [1.165, 1.54) is 0 Å². The van der Waals surface area contributed by atoms with Crippen LogP contribution in [0, 0.1) is 0 Å². The second kappa shape index (κ2) is 12.9. The van der Waals surface area contributed by atoms with E-state index in [-0.39, 0.29) is 41.5 Å². The molecule has 1 unspecified atom stereocenters. The van der Waals surface area contributed by atoms with E-state index < -0.39 is 0 Å². The molecule has 1 aromatic heterocycles. The summed E-state index contributed by atoms with van der Waals surface area (Å²) >= 11 is 1.65. The summed E-state index contributed by atoms with van der Waals surface area (Å²) < 4.78 is 11.1. The van der Waals surface area contributed by atoms with Gasteiger partial charge in [-0.05, 0) is 29.8 Å². The minimum Gasteiger partial charge on any atom is -0.493 e. The monoisotopic (exact) mass is 455 g/mol. The Morgan fingerprint density at radius 2 is 1.90 bits per heavy atom. The lowest BCUT2D eigenvalue weighted by atomic mass is 10.2. The molecule has 2 amide bonds. The summed E-state index contributed by atoms with van der Waals surface area (Å²) in [4.78, 5) is 30.3. The standard InChI is InChI=1S/C20H23N3O4S.ClH.H2O/c1-26-16-4-2-3-5-17(16)27-14-20-23(10-11-28-20)19(25)12-18(24)22-13-15-6-8-21-9-7-15;;/h2-9,20H,10-14H2,1H3,(H,22,24);1H;1H2. The average Bonchev–Trinajstić information content (AvgIpc) is 3.20. The summed E-state index contributed by atoms with van der Waals surface area (Å²) in [6.45, 7) is 1.33. The third-order valence-electron chi connectivity index (χ3n) is 4.31. The second-order valence-corrected chi connectivity index (χ2v) is 7.47. The normalized spacial score (nSPS) is 14.8. The molecular weight excluding hydrogens is 430 g/mol. The molecule has 1 saturated heterocycles. The van der Waals surface area contributed by atoms with Gasteiger partial charge in [-0.2, -0.15) is 0 Å². The van der Waals surface area contributed by atoms with E-state index in [2.05, 4.69) is 10.3 Å². The predicted molar refractivity (Wildman–Crippen MR) is 118 cm³/mol. The number of carbonyl (C=O) groups is 2. The first-order valence-corrected chi connectivity index (χ1v) is 10.0. The molecule has 1 aromatic carbocycles. The van der Waals surface area contributed by atoms with Gasteiger partial charge < -0.3 is 25.2 Å². The fourth-order valence-electron chi connectivity index (χ4n) is 2.85. The van der Waals surface area contributed by atoms with Crippen LogP contribution < -0.4 is 14.8 Å². The number of rotatable bonds is 8. The Morgan fingerprint density at radius 3 is 2.60 bits per heavy atom. The van der Waals surface area contributed by atoms with Crippen molar-refractivity contribution in [1.29, 1.82) is 0 Å². The minimum absolute atomic E-state index is 0. The Labute approximate surface area is 186 Å². The Bertz CT molecular complexity index is 812. The van der Waals surface area contributed by atoms with Gasteiger partial charge in [0, 0.05) is 31.2 Å².